The SMILES string of the molecule is CCNC(=NCC1(N(C)C)CCOCC1)NCCCN1CCCCC1C.I. The molecule has 2 fully saturated rings. The van der Waals surface area contributed by atoms with Crippen LogP contribution in [0, 0.1) is 0 Å². The van der Waals surface area contributed by atoms with Gasteiger partial charge in [0.05, 0.1) is 6.54 Å². The summed E-state index contributed by atoms with van der Waals surface area (Å²) in [6, 6.07) is 0.749. The van der Waals surface area contributed by atoms with Gasteiger partial charge >= 0.3 is 0 Å². The molecule has 7 heteroatoms. The van der Waals surface area contributed by atoms with Gasteiger partial charge in [0.2, 0.25) is 0 Å². The zero-order valence-electron chi connectivity index (χ0n) is 17.9. The molecule has 0 aromatic carbocycles. The molecule has 1 atom stereocenters. The average Bonchev–Trinajstić information content (AvgIpc) is 2.65. The number of guanidine groups is 1. The minimum absolute atomic E-state index is 0. The number of hydrogen-bond acceptors (Lipinski definition) is 4. The third-order valence-corrected chi connectivity index (χ3v) is 6.10. The van der Waals surface area contributed by atoms with Crippen LogP contribution in [-0.4, -0.2) is 87.4 Å². The van der Waals surface area contributed by atoms with E-state index in [0.717, 1.165) is 57.7 Å². The lowest BCUT2D eigenvalue weighted by molar-refractivity contribution is -0.00254. The van der Waals surface area contributed by atoms with Crippen molar-refractivity contribution in [3.63, 3.8) is 0 Å². The quantitative estimate of drug-likeness (QED) is 0.235. The van der Waals surface area contributed by atoms with Crippen molar-refractivity contribution in [3.8, 4) is 0 Å². The summed E-state index contributed by atoms with van der Waals surface area (Å²) in [5.74, 6) is 0.951. The molecule has 2 aliphatic rings. The molecule has 2 aliphatic heterocycles. The van der Waals surface area contributed by atoms with E-state index in [-0.39, 0.29) is 29.5 Å². The van der Waals surface area contributed by atoms with Crippen molar-refractivity contribution in [1.82, 2.24) is 20.4 Å². The molecule has 0 saturated carbocycles. The average molecular weight is 495 g/mol. The summed E-state index contributed by atoms with van der Waals surface area (Å²) in [6.45, 7) is 11.3. The van der Waals surface area contributed by atoms with Gasteiger partial charge < -0.3 is 25.2 Å². The summed E-state index contributed by atoms with van der Waals surface area (Å²) < 4.78 is 5.56. The van der Waals surface area contributed by atoms with E-state index in [0.29, 0.717) is 0 Å². The maximum atomic E-state index is 5.56. The molecule has 2 heterocycles. The van der Waals surface area contributed by atoms with Gasteiger partial charge in [-0.15, -0.1) is 24.0 Å². The second kappa shape index (κ2) is 13.2. The number of halogens is 1. The van der Waals surface area contributed by atoms with E-state index >= 15 is 0 Å². The van der Waals surface area contributed by atoms with Crippen LogP contribution >= 0.6 is 24.0 Å². The molecule has 1 unspecified atom stereocenters. The number of likely N-dealkylation sites (N-methyl/N-ethyl adjacent to an activating group) is 1. The van der Waals surface area contributed by atoms with Gasteiger partial charge in [0, 0.05) is 44.4 Å². The van der Waals surface area contributed by atoms with E-state index in [1.807, 2.05) is 0 Å². The number of piperidine rings is 1. The molecule has 2 saturated heterocycles. The highest BCUT2D eigenvalue weighted by Crippen LogP contribution is 2.26. The number of rotatable bonds is 8. The van der Waals surface area contributed by atoms with Gasteiger partial charge in [-0.05, 0) is 66.6 Å². The molecular weight excluding hydrogens is 453 g/mol. The molecule has 0 bridgehead atoms. The van der Waals surface area contributed by atoms with E-state index in [4.69, 9.17) is 9.73 Å². The molecule has 0 radical (unpaired) electrons. The first-order chi connectivity index (χ1) is 12.6. The van der Waals surface area contributed by atoms with Crippen molar-refractivity contribution >= 4 is 29.9 Å². The van der Waals surface area contributed by atoms with E-state index in [1.54, 1.807) is 0 Å². The highest BCUT2D eigenvalue weighted by Gasteiger charge is 2.34. The van der Waals surface area contributed by atoms with Crippen LogP contribution in [0.2, 0.25) is 0 Å². The Balaban J connectivity index is 0.00000364. The topological polar surface area (TPSA) is 52.1 Å². The van der Waals surface area contributed by atoms with Crippen LogP contribution in [0.15, 0.2) is 4.99 Å². The Bertz CT molecular complexity index is 427. The molecule has 160 valence electrons. The summed E-state index contributed by atoms with van der Waals surface area (Å²) in [6.07, 6.45) is 7.38. The van der Waals surface area contributed by atoms with Crippen molar-refractivity contribution in [2.24, 2.45) is 4.99 Å². The number of aliphatic imine (C=N–C) groups is 1. The highest BCUT2D eigenvalue weighted by molar-refractivity contribution is 14.0. The summed E-state index contributed by atoms with van der Waals surface area (Å²) in [5.41, 5.74) is 0.129. The first-order valence-corrected chi connectivity index (χ1v) is 10.6. The predicted molar refractivity (Wildman–Crippen MR) is 125 cm³/mol. The van der Waals surface area contributed by atoms with Crippen LogP contribution in [0.1, 0.15) is 52.4 Å². The van der Waals surface area contributed by atoms with Gasteiger partial charge in [-0.1, -0.05) is 6.42 Å². The number of likely N-dealkylation sites (tertiary alicyclic amines) is 1. The van der Waals surface area contributed by atoms with E-state index in [2.05, 4.69) is 48.4 Å². The molecule has 0 aromatic heterocycles. The standard InChI is InChI=1S/C20H41N5O.HI/c1-5-21-19(22-12-8-14-25-13-7-6-9-18(25)2)23-17-20(24(3)4)10-15-26-16-11-20;/h18H,5-17H2,1-4H3,(H2,21,22,23);1H. The van der Waals surface area contributed by atoms with Crippen molar-refractivity contribution < 1.29 is 4.74 Å². The zero-order valence-corrected chi connectivity index (χ0v) is 20.3. The Kier molecular flexibility index (Phi) is 12.2. The normalized spacial score (nSPS) is 23.7. The Labute approximate surface area is 183 Å². The molecular formula is C20H42IN5O. The lowest BCUT2D eigenvalue weighted by Gasteiger charge is -2.41. The zero-order chi connectivity index (χ0) is 18.8. The molecule has 2 rings (SSSR count). The van der Waals surface area contributed by atoms with Crippen molar-refractivity contribution in [2.45, 2.75) is 64.0 Å². The third-order valence-electron chi connectivity index (χ3n) is 6.10. The fourth-order valence-corrected chi connectivity index (χ4v) is 4.04. The van der Waals surface area contributed by atoms with Gasteiger partial charge in [0.1, 0.15) is 0 Å². The Hall–Kier alpha value is -0.120. The lowest BCUT2D eigenvalue weighted by Crippen LogP contribution is -2.51. The second-order valence-corrected chi connectivity index (χ2v) is 8.09. The van der Waals surface area contributed by atoms with E-state index in [9.17, 15) is 0 Å². The van der Waals surface area contributed by atoms with Crippen LogP contribution in [-0.2, 0) is 4.74 Å². The van der Waals surface area contributed by atoms with Gasteiger partial charge in [-0.25, -0.2) is 0 Å². The third kappa shape index (κ3) is 8.03. The maximum Gasteiger partial charge on any atom is 0.191 e. The Morgan fingerprint density at radius 3 is 2.59 bits per heavy atom. The Morgan fingerprint density at radius 2 is 1.96 bits per heavy atom. The van der Waals surface area contributed by atoms with Crippen LogP contribution in [0.25, 0.3) is 0 Å². The van der Waals surface area contributed by atoms with Gasteiger partial charge in [0.25, 0.3) is 0 Å². The summed E-state index contributed by atoms with van der Waals surface area (Å²) in [5, 5.41) is 6.93. The summed E-state index contributed by atoms with van der Waals surface area (Å²) in [4.78, 5) is 9.88. The van der Waals surface area contributed by atoms with Crippen molar-refractivity contribution in [3.05, 3.63) is 0 Å². The number of ether oxygens (including phenoxy) is 1. The minimum atomic E-state index is 0. The highest BCUT2D eigenvalue weighted by atomic mass is 127. The number of hydrogen-bond donors (Lipinski definition) is 2. The molecule has 27 heavy (non-hydrogen) atoms. The monoisotopic (exact) mass is 495 g/mol. The van der Waals surface area contributed by atoms with Crippen molar-refractivity contribution in [2.75, 3.05) is 60.0 Å². The molecule has 0 aromatic rings. The van der Waals surface area contributed by atoms with Crippen LogP contribution in [0.5, 0.6) is 0 Å². The van der Waals surface area contributed by atoms with E-state index < -0.39 is 0 Å². The predicted octanol–water partition coefficient (Wildman–Crippen LogP) is 2.53. The van der Waals surface area contributed by atoms with Crippen LogP contribution < -0.4 is 10.6 Å². The summed E-state index contributed by atoms with van der Waals surface area (Å²) >= 11 is 0. The molecule has 0 spiro atoms. The second-order valence-electron chi connectivity index (χ2n) is 8.09. The summed E-state index contributed by atoms with van der Waals surface area (Å²) in [7, 11) is 4.34. The van der Waals surface area contributed by atoms with Gasteiger partial charge in [-0.2, -0.15) is 0 Å². The maximum absolute atomic E-state index is 5.56. The fraction of sp³-hybridized carbons (Fsp3) is 0.950. The Morgan fingerprint density at radius 1 is 1.22 bits per heavy atom. The number of nitrogens with zero attached hydrogens (tertiary/aromatic N) is 3. The van der Waals surface area contributed by atoms with E-state index in [1.165, 1.54) is 38.8 Å². The minimum Gasteiger partial charge on any atom is -0.381 e. The van der Waals surface area contributed by atoms with Crippen LogP contribution in [0.3, 0.4) is 0 Å². The fourth-order valence-electron chi connectivity index (χ4n) is 4.04. The van der Waals surface area contributed by atoms with Gasteiger partial charge in [0.15, 0.2) is 5.96 Å². The first kappa shape index (κ1) is 24.9. The number of nitrogens with one attached hydrogen (secondary N) is 2. The first-order valence-electron chi connectivity index (χ1n) is 10.6. The largest absolute Gasteiger partial charge is 0.381 e. The smallest absolute Gasteiger partial charge is 0.191 e. The molecule has 0 amide bonds. The lowest BCUT2D eigenvalue weighted by atomic mass is 9.89. The molecule has 2 N–H and O–H groups in total. The van der Waals surface area contributed by atoms with Crippen molar-refractivity contribution in [1.29, 1.82) is 0 Å². The molecule has 6 nitrogen and oxygen atoms in total. The van der Waals surface area contributed by atoms with Gasteiger partial charge in [-0.3, -0.25) is 4.99 Å². The van der Waals surface area contributed by atoms with Crippen LogP contribution in [0.4, 0.5) is 0 Å². The molecule has 0 aliphatic carbocycles.